The first-order chi connectivity index (χ1) is 17.8. The van der Waals surface area contributed by atoms with Crippen LogP contribution in [0.5, 0.6) is 0 Å². The second-order valence-corrected chi connectivity index (χ2v) is 9.69. The van der Waals surface area contributed by atoms with Crippen molar-refractivity contribution in [3.8, 4) is 0 Å². The summed E-state index contributed by atoms with van der Waals surface area (Å²) in [5.74, 6) is -0.171. The maximum Gasteiger partial charge on any atom is 0.416 e. The van der Waals surface area contributed by atoms with E-state index >= 15 is 0 Å². The van der Waals surface area contributed by atoms with Crippen molar-refractivity contribution in [1.29, 1.82) is 0 Å². The molecule has 1 saturated heterocycles. The minimum atomic E-state index is -4.46. The van der Waals surface area contributed by atoms with Gasteiger partial charge in [0.25, 0.3) is 5.91 Å². The van der Waals surface area contributed by atoms with Gasteiger partial charge in [0.15, 0.2) is 0 Å². The average molecular weight is 511 g/mol. The monoisotopic (exact) mass is 510 g/mol. The summed E-state index contributed by atoms with van der Waals surface area (Å²) in [6, 6.07) is 13.7. The standard InChI is InChI=1S/C28H29F3N4O2/c1-2-14-34-23-18-35(22-12-15-33(16-13-22)17-19-6-4-3-5-7-19)26(36)24(23)25(32-27(34)37)20-8-10-21(11-9-20)28(29,30)31/h2-11,22,25H,1,12-18H2,(H,32,37). The van der Waals surface area contributed by atoms with E-state index in [9.17, 15) is 22.8 Å². The molecule has 2 aromatic rings. The van der Waals surface area contributed by atoms with Crippen LogP contribution in [-0.2, 0) is 17.5 Å². The molecule has 194 valence electrons. The fourth-order valence-corrected chi connectivity index (χ4v) is 5.48. The lowest BCUT2D eigenvalue weighted by atomic mass is 9.94. The summed E-state index contributed by atoms with van der Waals surface area (Å²) in [5.41, 5.74) is 1.94. The van der Waals surface area contributed by atoms with Crippen molar-refractivity contribution in [2.45, 2.75) is 37.6 Å². The zero-order valence-corrected chi connectivity index (χ0v) is 20.4. The van der Waals surface area contributed by atoms with Crippen molar-refractivity contribution in [1.82, 2.24) is 20.0 Å². The van der Waals surface area contributed by atoms with Crippen LogP contribution in [0.3, 0.4) is 0 Å². The van der Waals surface area contributed by atoms with Gasteiger partial charge >= 0.3 is 12.2 Å². The first-order valence-corrected chi connectivity index (χ1v) is 12.4. The van der Waals surface area contributed by atoms with Crippen LogP contribution in [0.4, 0.5) is 18.0 Å². The highest BCUT2D eigenvalue weighted by Crippen LogP contribution is 2.39. The molecule has 1 atom stereocenters. The number of likely N-dealkylation sites (tertiary alicyclic amines) is 1. The van der Waals surface area contributed by atoms with Gasteiger partial charge in [0.05, 0.1) is 29.4 Å². The van der Waals surface area contributed by atoms with Crippen LogP contribution < -0.4 is 5.32 Å². The Balaban J connectivity index is 1.35. The van der Waals surface area contributed by atoms with Gasteiger partial charge in [-0.25, -0.2) is 4.79 Å². The maximum absolute atomic E-state index is 13.7. The van der Waals surface area contributed by atoms with Crippen LogP contribution in [-0.4, -0.2) is 58.9 Å². The molecule has 0 bridgehead atoms. The van der Waals surface area contributed by atoms with Crippen molar-refractivity contribution in [3.63, 3.8) is 0 Å². The second kappa shape index (κ2) is 10.0. The Bertz CT molecular complexity index is 1200. The highest BCUT2D eigenvalue weighted by molar-refractivity contribution is 6.01. The molecule has 5 rings (SSSR count). The summed E-state index contributed by atoms with van der Waals surface area (Å²) in [6.45, 7) is 6.83. The van der Waals surface area contributed by atoms with Crippen LogP contribution in [0.2, 0.25) is 0 Å². The van der Waals surface area contributed by atoms with E-state index in [2.05, 4.69) is 28.9 Å². The van der Waals surface area contributed by atoms with E-state index in [1.807, 2.05) is 23.1 Å². The molecule has 0 spiro atoms. The first kappa shape index (κ1) is 25.1. The van der Waals surface area contributed by atoms with Crippen molar-refractivity contribution >= 4 is 11.9 Å². The molecule has 0 radical (unpaired) electrons. The third kappa shape index (κ3) is 5.00. The lowest BCUT2D eigenvalue weighted by Crippen LogP contribution is -2.47. The lowest BCUT2D eigenvalue weighted by Gasteiger charge is -2.37. The number of hydrogen-bond acceptors (Lipinski definition) is 3. The number of carbonyl (C=O) groups excluding carboxylic acids is 2. The summed E-state index contributed by atoms with van der Waals surface area (Å²) in [4.78, 5) is 32.4. The number of rotatable bonds is 6. The van der Waals surface area contributed by atoms with Gasteiger partial charge in [0, 0.05) is 32.2 Å². The van der Waals surface area contributed by atoms with E-state index in [1.165, 1.54) is 22.6 Å². The van der Waals surface area contributed by atoms with Crippen LogP contribution in [0, 0.1) is 0 Å². The Morgan fingerprint density at radius 1 is 1.00 bits per heavy atom. The van der Waals surface area contributed by atoms with Gasteiger partial charge in [0.2, 0.25) is 0 Å². The van der Waals surface area contributed by atoms with Crippen molar-refractivity contribution in [3.05, 3.63) is 95.2 Å². The van der Waals surface area contributed by atoms with Crippen molar-refractivity contribution in [2.75, 3.05) is 26.2 Å². The molecule has 3 heterocycles. The lowest BCUT2D eigenvalue weighted by molar-refractivity contribution is -0.137. The number of carbonyl (C=O) groups is 2. The number of amides is 3. The maximum atomic E-state index is 13.7. The van der Waals surface area contributed by atoms with Gasteiger partial charge in [-0.3, -0.25) is 14.6 Å². The first-order valence-electron chi connectivity index (χ1n) is 12.4. The third-order valence-electron chi connectivity index (χ3n) is 7.38. The number of alkyl halides is 3. The second-order valence-electron chi connectivity index (χ2n) is 9.69. The smallest absolute Gasteiger partial charge is 0.330 e. The van der Waals surface area contributed by atoms with E-state index in [0.29, 0.717) is 23.4 Å². The summed E-state index contributed by atoms with van der Waals surface area (Å²) < 4.78 is 39.3. The molecule has 6 nitrogen and oxygen atoms in total. The topological polar surface area (TPSA) is 55.9 Å². The summed E-state index contributed by atoms with van der Waals surface area (Å²) in [7, 11) is 0. The predicted molar refractivity (Wildman–Crippen MR) is 133 cm³/mol. The van der Waals surface area contributed by atoms with Crippen LogP contribution in [0.1, 0.15) is 35.6 Å². The van der Waals surface area contributed by atoms with E-state index in [-0.39, 0.29) is 18.5 Å². The predicted octanol–water partition coefficient (Wildman–Crippen LogP) is 4.72. The molecule has 0 aromatic heterocycles. The third-order valence-corrected chi connectivity index (χ3v) is 7.38. The molecule has 3 aliphatic rings. The molecule has 9 heteroatoms. The molecule has 3 aliphatic heterocycles. The Kier molecular flexibility index (Phi) is 6.81. The minimum Gasteiger partial charge on any atom is -0.330 e. The number of hydrogen-bond donors (Lipinski definition) is 1. The van der Waals surface area contributed by atoms with E-state index in [0.717, 1.165) is 44.6 Å². The molecule has 1 fully saturated rings. The zero-order chi connectivity index (χ0) is 26.2. The van der Waals surface area contributed by atoms with Crippen molar-refractivity contribution in [2.24, 2.45) is 0 Å². The molecule has 37 heavy (non-hydrogen) atoms. The van der Waals surface area contributed by atoms with Gasteiger partial charge in [-0.05, 0) is 36.1 Å². The molecule has 0 aliphatic carbocycles. The van der Waals surface area contributed by atoms with Gasteiger partial charge in [0.1, 0.15) is 0 Å². The van der Waals surface area contributed by atoms with Gasteiger partial charge in [-0.2, -0.15) is 13.2 Å². The molecule has 1 unspecified atom stereocenters. The number of nitrogens with one attached hydrogen (secondary N) is 1. The fraction of sp³-hybridized carbons (Fsp3) is 0.357. The van der Waals surface area contributed by atoms with Crippen molar-refractivity contribution < 1.29 is 22.8 Å². The normalized spacial score (nSPS) is 21.3. The average Bonchev–Trinajstić information content (AvgIpc) is 3.23. The quantitative estimate of drug-likeness (QED) is 0.573. The summed E-state index contributed by atoms with van der Waals surface area (Å²) in [6.07, 6.45) is -1.24. The molecule has 2 aromatic carbocycles. The van der Waals surface area contributed by atoms with Gasteiger partial charge in [-0.1, -0.05) is 48.5 Å². The van der Waals surface area contributed by atoms with Crippen LogP contribution in [0.15, 0.2) is 78.5 Å². The number of benzene rings is 2. The fourth-order valence-electron chi connectivity index (χ4n) is 5.48. The minimum absolute atomic E-state index is 0.0269. The van der Waals surface area contributed by atoms with Crippen LogP contribution in [0.25, 0.3) is 0 Å². The summed E-state index contributed by atoms with van der Waals surface area (Å²) in [5, 5.41) is 2.83. The van der Waals surface area contributed by atoms with E-state index in [1.54, 1.807) is 6.08 Å². The SMILES string of the molecule is C=CCN1C(=O)NC(c2ccc(C(F)(F)F)cc2)C2=C1CN(C1CCN(Cc3ccccc3)CC1)C2=O. The highest BCUT2D eigenvalue weighted by Gasteiger charge is 2.46. The molecular weight excluding hydrogens is 481 g/mol. The molecular formula is C28H29F3N4O2. The molecule has 0 saturated carbocycles. The molecule has 3 amide bonds. The Hall–Kier alpha value is -3.59. The van der Waals surface area contributed by atoms with E-state index in [4.69, 9.17) is 0 Å². The largest absolute Gasteiger partial charge is 0.416 e. The summed E-state index contributed by atoms with van der Waals surface area (Å²) >= 11 is 0. The number of nitrogens with zero attached hydrogens (tertiary/aromatic N) is 3. The Morgan fingerprint density at radius 2 is 1.68 bits per heavy atom. The Morgan fingerprint density at radius 3 is 2.30 bits per heavy atom. The van der Waals surface area contributed by atoms with E-state index < -0.39 is 23.8 Å². The van der Waals surface area contributed by atoms with Crippen LogP contribution >= 0.6 is 0 Å². The Labute approximate surface area is 214 Å². The number of urea groups is 1. The zero-order valence-electron chi connectivity index (χ0n) is 20.4. The number of halogens is 3. The number of piperidine rings is 1. The highest BCUT2D eigenvalue weighted by atomic mass is 19.4. The molecule has 1 N–H and O–H groups in total. The van der Waals surface area contributed by atoms with Gasteiger partial charge < -0.3 is 10.2 Å². The van der Waals surface area contributed by atoms with Gasteiger partial charge in [-0.15, -0.1) is 6.58 Å².